The van der Waals surface area contributed by atoms with Crippen molar-refractivity contribution in [2.75, 3.05) is 18.2 Å². The van der Waals surface area contributed by atoms with E-state index in [1.165, 1.54) is 7.11 Å². The molecule has 0 heterocycles. The van der Waals surface area contributed by atoms with Gasteiger partial charge in [-0.25, -0.2) is 0 Å². The molecule has 0 aliphatic heterocycles. The van der Waals surface area contributed by atoms with Crippen molar-refractivity contribution < 1.29 is 9.53 Å². The third kappa shape index (κ3) is 3.65. The molecular formula is C15H15ClN2O2. The van der Waals surface area contributed by atoms with Gasteiger partial charge in [0.25, 0.3) is 0 Å². The first-order valence-electron chi connectivity index (χ1n) is 6.06. The molecule has 104 valence electrons. The van der Waals surface area contributed by atoms with E-state index in [0.717, 1.165) is 5.56 Å². The SMILES string of the molecule is COc1ccc(N)cc1NC(=O)Cc1cccc(Cl)c1. The number of hydrogen-bond acceptors (Lipinski definition) is 3. The number of nitrogens with one attached hydrogen (secondary N) is 1. The molecule has 5 heteroatoms. The molecule has 0 saturated carbocycles. The fraction of sp³-hybridized carbons (Fsp3) is 0.133. The van der Waals surface area contributed by atoms with Crippen molar-refractivity contribution in [1.82, 2.24) is 0 Å². The van der Waals surface area contributed by atoms with E-state index in [4.69, 9.17) is 22.1 Å². The zero-order valence-electron chi connectivity index (χ0n) is 11.0. The molecule has 0 spiro atoms. The first-order valence-corrected chi connectivity index (χ1v) is 6.44. The number of hydrogen-bond donors (Lipinski definition) is 2. The van der Waals surface area contributed by atoms with Crippen LogP contribution >= 0.6 is 11.6 Å². The summed E-state index contributed by atoms with van der Waals surface area (Å²) in [4.78, 5) is 12.0. The minimum atomic E-state index is -0.156. The highest BCUT2D eigenvalue weighted by atomic mass is 35.5. The summed E-state index contributed by atoms with van der Waals surface area (Å²) in [6.45, 7) is 0. The van der Waals surface area contributed by atoms with Gasteiger partial charge in [0.2, 0.25) is 5.91 Å². The predicted octanol–water partition coefficient (Wildman–Crippen LogP) is 3.11. The van der Waals surface area contributed by atoms with Crippen molar-refractivity contribution in [3.8, 4) is 5.75 Å². The zero-order chi connectivity index (χ0) is 14.5. The monoisotopic (exact) mass is 290 g/mol. The molecular weight excluding hydrogens is 276 g/mol. The second kappa shape index (κ2) is 6.30. The van der Waals surface area contributed by atoms with E-state index in [0.29, 0.717) is 22.1 Å². The molecule has 4 nitrogen and oxygen atoms in total. The van der Waals surface area contributed by atoms with Crippen LogP contribution in [0.5, 0.6) is 5.75 Å². The zero-order valence-corrected chi connectivity index (χ0v) is 11.8. The van der Waals surface area contributed by atoms with Crippen LogP contribution in [-0.4, -0.2) is 13.0 Å². The number of ether oxygens (including phenoxy) is 1. The Balaban J connectivity index is 2.10. The Morgan fingerprint density at radius 3 is 2.80 bits per heavy atom. The molecule has 0 aliphatic carbocycles. The molecule has 0 saturated heterocycles. The molecule has 0 aliphatic rings. The number of benzene rings is 2. The molecule has 3 N–H and O–H groups in total. The normalized spacial score (nSPS) is 10.1. The highest BCUT2D eigenvalue weighted by Gasteiger charge is 2.09. The van der Waals surface area contributed by atoms with Gasteiger partial charge in [-0.1, -0.05) is 23.7 Å². The lowest BCUT2D eigenvalue weighted by molar-refractivity contribution is -0.115. The van der Waals surface area contributed by atoms with Gasteiger partial charge in [-0.05, 0) is 35.9 Å². The molecule has 2 aromatic rings. The summed E-state index contributed by atoms with van der Waals surface area (Å²) >= 11 is 5.89. The summed E-state index contributed by atoms with van der Waals surface area (Å²) in [7, 11) is 1.54. The number of nitrogens with two attached hydrogens (primary N) is 1. The summed E-state index contributed by atoms with van der Waals surface area (Å²) in [6.07, 6.45) is 0.235. The Hall–Kier alpha value is -2.20. The Morgan fingerprint density at radius 2 is 2.10 bits per heavy atom. The van der Waals surface area contributed by atoms with Crippen LogP contribution in [0, 0.1) is 0 Å². The summed E-state index contributed by atoms with van der Waals surface area (Å²) in [5, 5.41) is 3.39. The van der Waals surface area contributed by atoms with Gasteiger partial charge in [0.1, 0.15) is 5.75 Å². The number of carbonyl (C=O) groups is 1. The smallest absolute Gasteiger partial charge is 0.228 e. The number of anilines is 2. The quantitative estimate of drug-likeness (QED) is 0.850. The van der Waals surface area contributed by atoms with Crippen LogP contribution in [0.15, 0.2) is 42.5 Å². The standard InChI is InChI=1S/C15H15ClN2O2/c1-20-14-6-5-12(17)9-13(14)18-15(19)8-10-3-2-4-11(16)7-10/h2-7,9H,8,17H2,1H3,(H,18,19). The first kappa shape index (κ1) is 14.2. The van der Waals surface area contributed by atoms with E-state index in [-0.39, 0.29) is 12.3 Å². The van der Waals surface area contributed by atoms with Crippen LogP contribution in [0.4, 0.5) is 11.4 Å². The number of methoxy groups -OCH3 is 1. The van der Waals surface area contributed by atoms with Gasteiger partial charge in [-0.3, -0.25) is 4.79 Å². The molecule has 2 rings (SSSR count). The maximum atomic E-state index is 12.0. The number of amides is 1. The van der Waals surface area contributed by atoms with Crippen molar-refractivity contribution in [3.05, 3.63) is 53.1 Å². The van der Waals surface area contributed by atoms with Gasteiger partial charge in [0.05, 0.1) is 19.2 Å². The van der Waals surface area contributed by atoms with Crippen LogP contribution in [-0.2, 0) is 11.2 Å². The van der Waals surface area contributed by atoms with Crippen LogP contribution in [0.25, 0.3) is 0 Å². The molecule has 0 aromatic heterocycles. The maximum Gasteiger partial charge on any atom is 0.228 e. The molecule has 20 heavy (non-hydrogen) atoms. The minimum absolute atomic E-state index is 0.156. The van der Waals surface area contributed by atoms with E-state index in [1.54, 1.807) is 30.3 Å². The van der Waals surface area contributed by atoms with E-state index >= 15 is 0 Å². The highest BCUT2D eigenvalue weighted by Crippen LogP contribution is 2.26. The van der Waals surface area contributed by atoms with E-state index < -0.39 is 0 Å². The molecule has 0 unspecified atom stereocenters. The largest absolute Gasteiger partial charge is 0.495 e. The van der Waals surface area contributed by atoms with E-state index in [9.17, 15) is 4.79 Å². The Morgan fingerprint density at radius 1 is 1.30 bits per heavy atom. The van der Waals surface area contributed by atoms with Crippen LogP contribution < -0.4 is 15.8 Å². The second-order valence-electron chi connectivity index (χ2n) is 4.31. The van der Waals surface area contributed by atoms with E-state index in [1.807, 2.05) is 12.1 Å². The lowest BCUT2D eigenvalue weighted by Gasteiger charge is -2.11. The van der Waals surface area contributed by atoms with Crippen molar-refractivity contribution in [2.24, 2.45) is 0 Å². The van der Waals surface area contributed by atoms with E-state index in [2.05, 4.69) is 5.32 Å². The molecule has 0 atom stereocenters. The summed E-state index contributed by atoms with van der Waals surface area (Å²) in [5.74, 6) is 0.412. The predicted molar refractivity (Wildman–Crippen MR) is 81.2 cm³/mol. The number of nitrogen functional groups attached to an aromatic ring is 1. The maximum absolute atomic E-state index is 12.0. The third-order valence-corrected chi connectivity index (χ3v) is 2.99. The Labute approximate surface area is 122 Å². The van der Waals surface area contributed by atoms with Crippen molar-refractivity contribution in [3.63, 3.8) is 0 Å². The third-order valence-electron chi connectivity index (χ3n) is 2.75. The second-order valence-corrected chi connectivity index (χ2v) is 4.75. The van der Waals surface area contributed by atoms with Crippen molar-refractivity contribution in [1.29, 1.82) is 0 Å². The van der Waals surface area contributed by atoms with Crippen molar-refractivity contribution >= 4 is 28.9 Å². The number of rotatable bonds is 4. The average molecular weight is 291 g/mol. The van der Waals surface area contributed by atoms with Gasteiger partial charge in [0, 0.05) is 10.7 Å². The van der Waals surface area contributed by atoms with Gasteiger partial charge < -0.3 is 15.8 Å². The summed E-state index contributed by atoms with van der Waals surface area (Å²) < 4.78 is 5.18. The molecule has 0 radical (unpaired) electrons. The van der Waals surface area contributed by atoms with Gasteiger partial charge in [0.15, 0.2) is 0 Å². The summed E-state index contributed by atoms with van der Waals surface area (Å²) in [5.41, 5.74) is 7.67. The lowest BCUT2D eigenvalue weighted by atomic mass is 10.1. The van der Waals surface area contributed by atoms with Crippen molar-refractivity contribution in [2.45, 2.75) is 6.42 Å². The summed E-state index contributed by atoms with van der Waals surface area (Å²) in [6, 6.07) is 12.3. The fourth-order valence-corrected chi connectivity index (χ4v) is 2.06. The minimum Gasteiger partial charge on any atom is -0.495 e. The Kier molecular flexibility index (Phi) is 4.48. The average Bonchev–Trinajstić information content (AvgIpc) is 2.38. The van der Waals surface area contributed by atoms with Gasteiger partial charge >= 0.3 is 0 Å². The lowest BCUT2D eigenvalue weighted by Crippen LogP contribution is -2.15. The molecule has 0 fully saturated rings. The fourth-order valence-electron chi connectivity index (χ4n) is 1.85. The van der Waals surface area contributed by atoms with Crippen LogP contribution in [0.1, 0.15) is 5.56 Å². The van der Waals surface area contributed by atoms with Crippen LogP contribution in [0.3, 0.4) is 0 Å². The van der Waals surface area contributed by atoms with Gasteiger partial charge in [-0.15, -0.1) is 0 Å². The molecule has 0 bridgehead atoms. The number of halogens is 1. The first-order chi connectivity index (χ1) is 9.58. The Bertz CT molecular complexity index is 629. The number of carbonyl (C=O) groups excluding carboxylic acids is 1. The molecule has 2 aromatic carbocycles. The highest BCUT2D eigenvalue weighted by molar-refractivity contribution is 6.30. The molecule has 1 amide bonds. The van der Waals surface area contributed by atoms with Crippen LogP contribution in [0.2, 0.25) is 5.02 Å². The van der Waals surface area contributed by atoms with Gasteiger partial charge in [-0.2, -0.15) is 0 Å². The topological polar surface area (TPSA) is 64.3 Å².